The summed E-state index contributed by atoms with van der Waals surface area (Å²) in [5, 5.41) is 2.19. The van der Waals surface area contributed by atoms with Crippen molar-refractivity contribution in [3.05, 3.63) is 22.4 Å². The van der Waals surface area contributed by atoms with Crippen LogP contribution >= 0.6 is 11.3 Å². The van der Waals surface area contributed by atoms with Crippen molar-refractivity contribution >= 4 is 20.9 Å². The first-order chi connectivity index (χ1) is 9.43. The van der Waals surface area contributed by atoms with Crippen LogP contribution in [0.2, 0.25) is 12.1 Å². The van der Waals surface area contributed by atoms with Crippen molar-refractivity contribution in [3.63, 3.8) is 0 Å². The van der Waals surface area contributed by atoms with Gasteiger partial charge in [0.1, 0.15) is 0 Å². The van der Waals surface area contributed by atoms with E-state index in [2.05, 4.69) is 24.4 Å². The predicted molar refractivity (Wildman–Crippen MR) is 90.6 cm³/mol. The molecule has 1 rings (SSSR count). The number of rotatable bonds is 13. The monoisotopic (exact) mass is 294 g/mol. The van der Waals surface area contributed by atoms with E-state index in [1.807, 2.05) is 11.3 Å². The van der Waals surface area contributed by atoms with Crippen LogP contribution in [0.1, 0.15) is 69.6 Å². The average molecular weight is 295 g/mol. The van der Waals surface area contributed by atoms with Gasteiger partial charge in [0.05, 0.1) is 0 Å². The van der Waals surface area contributed by atoms with Gasteiger partial charge in [0.2, 0.25) is 0 Å². The molecule has 1 aromatic heterocycles. The van der Waals surface area contributed by atoms with Crippen LogP contribution in [0.3, 0.4) is 0 Å². The molecule has 0 N–H and O–H groups in total. The summed E-state index contributed by atoms with van der Waals surface area (Å²) >= 11 is 1.91. The van der Waals surface area contributed by atoms with Crippen LogP contribution in [-0.4, -0.2) is 9.52 Å². The molecule has 1 heterocycles. The SMILES string of the molecule is CCCCCCCC[Si]CCCCCc1cccs1. The Morgan fingerprint density at radius 3 is 2.26 bits per heavy atom. The lowest BCUT2D eigenvalue weighted by Crippen LogP contribution is -1.90. The molecule has 2 heteroatoms. The highest BCUT2D eigenvalue weighted by molar-refractivity contribution is 7.09. The third-order valence-electron chi connectivity index (χ3n) is 3.56. The molecule has 0 fully saturated rings. The molecule has 0 aliphatic heterocycles. The van der Waals surface area contributed by atoms with Crippen LogP contribution in [-0.2, 0) is 6.42 Å². The van der Waals surface area contributed by atoms with Crippen molar-refractivity contribution in [1.29, 1.82) is 0 Å². The first-order valence-corrected chi connectivity index (χ1v) is 10.5. The maximum Gasteiger partial charge on any atom is 0.0378 e. The van der Waals surface area contributed by atoms with Gasteiger partial charge >= 0.3 is 0 Å². The molecule has 0 spiro atoms. The second-order valence-electron chi connectivity index (χ2n) is 5.41. The third kappa shape index (κ3) is 10.4. The number of thiophene rings is 1. The first kappa shape index (κ1) is 17.0. The van der Waals surface area contributed by atoms with Gasteiger partial charge in [0.25, 0.3) is 0 Å². The molecule has 0 amide bonds. The Bertz CT molecular complexity index is 269. The lowest BCUT2D eigenvalue weighted by Gasteiger charge is -2.01. The van der Waals surface area contributed by atoms with Gasteiger partial charge in [0, 0.05) is 14.4 Å². The predicted octanol–water partition coefficient (Wildman–Crippen LogP) is 6.36. The highest BCUT2D eigenvalue weighted by atomic mass is 32.1. The zero-order valence-electron chi connectivity index (χ0n) is 12.6. The van der Waals surface area contributed by atoms with Crippen molar-refractivity contribution < 1.29 is 0 Å². The molecule has 0 atom stereocenters. The Morgan fingerprint density at radius 2 is 1.58 bits per heavy atom. The fourth-order valence-corrected chi connectivity index (χ4v) is 4.34. The topological polar surface area (TPSA) is 0 Å². The van der Waals surface area contributed by atoms with Crippen LogP contribution in [0.4, 0.5) is 0 Å². The molecule has 0 saturated heterocycles. The number of hydrogen-bond acceptors (Lipinski definition) is 1. The minimum absolute atomic E-state index is 1.23. The van der Waals surface area contributed by atoms with Crippen LogP contribution in [0.25, 0.3) is 0 Å². The number of hydrogen-bond donors (Lipinski definition) is 0. The molecular formula is C17H30SSi. The Balaban J connectivity index is 1.72. The molecule has 0 unspecified atom stereocenters. The second kappa shape index (κ2) is 12.9. The van der Waals surface area contributed by atoms with Gasteiger partial charge in [-0.2, -0.15) is 0 Å². The molecule has 0 bridgehead atoms. The van der Waals surface area contributed by atoms with Crippen LogP contribution in [0.5, 0.6) is 0 Å². The van der Waals surface area contributed by atoms with Gasteiger partial charge in [-0.3, -0.25) is 0 Å². The van der Waals surface area contributed by atoms with Gasteiger partial charge in [-0.05, 0) is 24.3 Å². The largest absolute Gasteiger partial charge is 0.149 e. The maximum absolute atomic E-state index is 2.29. The van der Waals surface area contributed by atoms with Crippen LogP contribution in [0.15, 0.2) is 17.5 Å². The molecule has 0 saturated carbocycles. The molecule has 0 aliphatic rings. The van der Waals surface area contributed by atoms with Crippen molar-refractivity contribution in [2.24, 2.45) is 0 Å². The van der Waals surface area contributed by atoms with E-state index in [-0.39, 0.29) is 0 Å². The Labute approximate surface area is 126 Å². The summed E-state index contributed by atoms with van der Waals surface area (Å²) < 4.78 is 0. The van der Waals surface area contributed by atoms with Crippen molar-refractivity contribution in [2.75, 3.05) is 0 Å². The molecule has 19 heavy (non-hydrogen) atoms. The fourth-order valence-electron chi connectivity index (χ4n) is 2.34. The van der Waals surface area contributed by atoms with Crippen molar-refractivity contribution in [2.45, 2.75) is 83.2 Å². The summed E-state index contributed by atoms with van der Waals surface area (Å²) in [6.07, 6.45) is 14.3. The Kier molecular flexibility index (Phi) is 11.5. The van der Waals surface area contributed by atoms with Crippen LogP contribution < -0.4 is 0 Å². The summed E-state index contributed by atoms with van der Waals surface area (Å²) in [5.41, 5.74) is 0. The highest BCUT2D eigenvalue weighted by Gasteiger charge is 1.96. The average Bonchev–Trinajstić information content (AvgIpc) is 2.93. The molecule has 0 nitrogen and oxygen atoms in total. The Hall–Kier alpha value is -0.0831. The lowest BCUT2D eigenvalue weighted by atomic mass is 10.1. The number of aryl methyl sites for hydroxylation is 1. The zero-order chi connectivity index (χ0) is 13.6. The fraction of sp³-hybridized carbons (Fsp3) is 0.765. The van der Waals surface area contributed by atoms with E-state index in [0.717, 1.165) is 0 Å². The summed E-state index contributed by atoms with van der Waals surface area (Å²) in [5.74, 6) is 0. The summed E-state index contributed by atoms with van der Waals surface area (Å²) in [6.45, 7) is 2.29. The van der Waals surface area contributed by atoms with Gasteiger partial charge in [0.15, 0.2) is 0 Å². The van der Waals surface area contributed by atoms with E-state index >= 15 is 0 Å². The molecule has 1 aromatic rings. The smallest absolute Gasteiger partial charge is 0.0378 e. The van der Waals surface area contributed by atoms with Gasteiger partial charge in [-0.15, -0.1) is 11.3 Å². The maximum atomic E-state index is 2.29. The number of unbranched alkanes of at least 4 members (excludes halogenated alkanes) is 7. The minimum Gasteiger partial charge on any atom is -0.149 e. The molecule has 0 aromatic carbocycles. The summed E-state index contributed by atoms with van der Waals surface area (Å²) in [7, 11) is 1.23. The second-order valence-corrected chi connectivity index (χ2v) is 7.94. The molecule has 2 radical (unpaired) electrons. The summed E-state index contributed by atoms with van der Waals surface area (Å²) in [4.78, 5) is 1.56. The van der Waals surface area contributed by atoms with E-state index in [1.165, 1.54) is 85.8 Å². The first-order valence-electron chi connectivity index (χ1n) is 8.16. The van der Waals surface area contributed by atoms with Crippen molar-refractivity contribution in [3.8, 4) is 0 Å². The van der Waals surface area contributed by atoms with E-state index in [0.29, 0.717) is 0 Å². The van der Waals surface area contributed by atoms with E-state index in [1.54, 1.807) is 4.88 Å². The standard InChI is InChI=1S/C17H30SSi/c1-2-3-4-5-6-9-15-19-16-10-7-8-12-17-13-11-14-18-17/h11,13-14H,2-10,12,15-16H2,1H3. The van der Waals surface area contributed by atoms with Crippen LogP contribution in [0, 0.1) is 0 Å². The van der Waals surface area contributed by atoms with Gasteiger partial charge < -0.3 is 0 Å². The normalized spacial score (nSPS) is 11.0. The quantitative estimate of drug-likeness (QED) is 0.293. The lowest BCUT2D eigenvalue weighted by molar-refractivity contribution is 0.623. The van der Waals surface area contributed by atoms with E-state index < -0.39 is 0 Å². The van der Waals surface area contributed by atoms with Crippen molar-refractivity contribution in [1.82, 2.24) is 0 Å². The zero-order valence-corrected chi connectivity index (χ0v) is 14.4. The molecule has 0 aliphatic carbocycles. The van der Waals surface area contributed by atoms with E-state index in [9.17, 15) is 0 Å². The summed E-state index contributed by atoms with van der Waals surface area (Å²) in [6, 6.07) is 7.42. The molecular weight excluding hydrogens is 264 g/mol. The minimum atomic E-state index is 1.23. The Morgan fingerprint density at radius 1 is 0.895 bits per heavy atom. The highest BCUT2D eigenvalue weighted by Crippen LogP contribution is 2.14. The van der Waals surface area contributed by atoms with Gasteiger partial charge in [-0.25, -0.2) is 0 Å². The third-order valence-corrected chi connectivity index (χ3v) is 5.91. The van der Waals surface area contributed by atoms with Gasteiger partial charge in [-0.1, -0.05) is 76.4 Å². The molecule has 108 valence electrons. The van der Waals surface area contributed by atoms with E-state index in [4.69, 9.17) is 0 Å².